The topological polar surface area (TPSA) is 79.9 Å². The van der Waals surface area contributed by atoms with Crippen molar-refractivity contribution in [1.82, 2.24) is 0 Å². The zero-order chi connectivity index (χ0) is 19.4. The van der Waals surface area contributed by atoms with Crippen LogP contribution < -0.4 is 15.1 Å². The molecule has 7 nitrogen and oxygen atoms in total. The van der Waals surface area contributed by atoms with Gasteiger partial charge in [0.1, 0.15) is 5.82 Å². The Morgan fingerprint density at radius 1 is 1.22 bits per heavy atom. The highest BCUT2D eigenvalue weighted by atomic mass is 19.1. The molecule has 2 N–H and O–H groups in total. The summed E-state index contributed by atoms with van der Waals surface area (Å²) < 4.78 is 13.9. The number of amides is 1. The molecule has 0 aromatic heterocycles. The summed E-state index contributed by atoms with van der Waals surface area (Å²) in [5.74, 6) is -0.423. The number of para-hydroxylation sites is 1. The molecule has 2 aromatic carbocycles. The van der Waals surface area contributed by atoms with Gasteiger partial charge in [0.2, 0.25) is 0 Å². The Bertz CT molecular complexity index is 851. The van der Waals surface area contributed by atoms with Gasteiger partial charge in [-0.25, -0.2) is 4.39 Å². The van der Waals surface area contributed by atoms with Gasteiger partial charge in [-0.1, -0.05) is 18.2 Å². The SMILES string of the molecule is Cc1c(NC(=O)C[NH+]2CCN(c3ccccc3F)CC2)cccc1[N+](=O)[O-]. The van der Waals surface area contributed by atoms with Crippen molar-refractivity contribution in [2.45, 2.75) is 6.92 Å². The first-order valence-electron chi connectivity index (χ1n) is 8.82. The minimum absolute atomic E-state index is 0.0151. The van der Waals surface area contributed by atoms with Crippen molar-refractivity contribution in [1.29, 1.82) is 0 Å². The van der Waals surface area contributed by atoms with Crippen LogP contribution >= 0.6 is 0 Å². The van der Waals surface area contributed by atoms with Crippen molar-refractivity contribution in [2.75, 3.05) is 42.9 Å². The molecule has 1 saturated heterocycles. The van der Waals surface area contributed by atoms with Crippen molar-refractivity contribution in [3.05, 3.63) is 64.0 Å². The molecule has 8 heteroatoms. The summed E-state index contributed by atoms with van der Waals surface area (Å²) in [6.07, 6.45) is 0. The zero-order valence-corrected chi connectivity index (χ0v) is 15.1. The number of hydrogen-bond donors (Lipinski definition) is 2. The normalized spacial score (nSPS) is 14.8. The number of piperazine rings is 1. The molecule has 0 radical (unpaired) electrons. The second kappa shape index (κ2) is 8.13. The van der Waals surface area contributed by atoms with Crippen LogP contribution in [0.1, 0.15) is 5.56 Å². The van der Waals surface area contributed by atoms with E-state index in [4.69, 9.17) is 0 Å². The maximum Gasteiger partial charge on any atom is 0.279 e. The molecule has 1 heterocycles. The fourth-order valence-electron chi connectivity index (χ4n) is 3.33. The van der Waals surface area contributed by atoms with E-state index in [1.807, 2.05) is 11.0 Å². The van der Waals surface area contributed by atoms with Crippen molar-refractivity contribution in [3.63, 3.8) is 0 Å². The van der Waals surface area contributed by atoms with E-state index in [1.54, 1.807) is 31.2 Å². The van der Waals surface area contributed by atoms with E-state index in [-0.39, 0.29) is 24.0 Å². The second-order valence-corrected chi connectivity index (χ2v) is 6.62. The maximum absolute atomic E-state index is 13.9. The van der Waals surface area contributed by atoms with Gasteiger partial charge in [-0.3, -0.25) is 14.9 Å². The smallest absolute Gasteiger partial charge is 0.279 e. The van der Waals surface area contributed by atoms with E-state index in [0.29, 0.717) is 30.0 Å². The Hall–Kier alpha value is -3.00. The summed E-state index contributed by atoms with van der Waals surface area (Å²) in [4.78, 5) is 26.0. The number of nitro benzene ring substituents is 1. The van der Waals surface area contributed by atoms with Crippen LogP contribution in [0.2, 0.25) is 0 Å². The quantitative estimate of drug-likeness (QED) is 0.613. The Balaban J connectivity index is 1.55. The highest BCUT2D eigenvalue weighted by molar-refractivity contribution is 5.92. The Labute approximate surface area is 156 Å². The molecule has 0 bridgehead atoms. The van der Waals surface area contributed by atoms with Gasteiger partial charge in [0.15, 0.2) is 6.54 Å². The third-order valence-electron chi connectivity index (χ3n) is 4.85. The fourth-order valence-corrected chi connectivity index (χ4v) is 3.33. The monoisotopic (exact) mass is 373 g/mol. The van der Waals surface area contributed by atoms with E-state index in [2.05, 4.69) is 5.32 Å². The fraction of sp³-hybridized carbons (Fsp3) is 0.316. The molecule has 0 saturated carbocycles. The molecule has 1 amide bonds. The molecule has 1 aliphatic rings. The lowest BCUT2D eigenvalue weighted by Crippen LogP contribution is -3.15. The van der Waals surface area contributed by atoms with Gasteiger partial charge in [-0.2, -0.15) is 0 Å². The van der Waals surface area contributed by atoms with Crippen molar-refractivity contribution < 1.29 is 19.0 Å². The minimum Gasteiger partial charge on any atom is -0.358 e. The highest BCUT2D eigenvalue weighted by Gasteiger charge is 2.24. The number of nitro groups is 1. The molecule has 1 aliphatic heterocycles. The number of benzene rings is 2. The minimum atomic E-state index is -0.460. The van der Waals surface area contributed by atoms with Crippen molar-refractivity contribution in [2.24, 2.45) is 0 Å². The number of carbonyl (C=O) groups is 1. The molecular formula is C19H22FN4O3+. The van der Waals surface area contributed by atoms with Crippen molar-refractivity contribution in [3.8, 4) is 0 Å². The van der Waals surface area contributed by atoms with Crippen LogP contribution in [0.5, 0.6) is 0 Å². The number of carbonyl (C=O) groups excluding carboxylic acids is 1. The summed E-state index contributed by atoms with van der Waals surface area (Å²) in [6, 6.07) is 11.3. The van der Waals surface area contributed by atoms with Gasteiger partial charge in [0.05, 0.1) is 48.0 Å². The van der Waals surface area contributed by atoms with Crippen molar-refractivity contribution >= 4 is 23.0 Å². The lowest BCUT2D eigenvalue weighted by Gasteiger charge is -2.33. The van der Waals surface area contributed by atoms with Crippen LogP contribution in [0.15, 0.2) is 42.5 Å². The third kappa shape index (κ3) is 4.40. The van der Waals surface area contributed by atoms with Crippen LogP contribution in [0.4, 0.5) is 21.5 Å². The lowest BCUT2D eigenvalue weighted by atomic mass is 10.1. The van der Waals surface area contributed by atoms with Gasteiger partial charge in [0, 0.05) is 6.07 Å². The van der Waals surface area contributed by atoms with Crippen LogP contribution in [0.25, 0.3) is 0 Å². The van der Waals surface area contributed by atoms with Gasteiger partial charge in [-0.05, 0) is 25.1 Å². The van der Waals surface area contributed by atoms with E-state index >= 15 is 0 Å². The summed E-state index contributed by atoms with van der Waals surface area (Å²) in [7, 11) is 0. The van der Waals surface area contributed by atoms with E-state index in [9.17, 15) is 19.3 Å². The largest absolute Gasteiger partial charge is 0.358 e. The van der Waals surface area contributed by atoms with E-state index in [1.165, 1.54) is 12.1 Å². The number of nitrogens with zero attached hydrogens (tertiary/aromatic N) is 2. The standard InChI is InChI=1S/C19H21FN4O3/c1-14-16(6-4-8-17(14)24(26)27)21-19(25)13-22-9-11-23(12-10-22)18-7-3-2-5-15(18)20/h2-8H,9-13H2,1H3,(H,21,25)/p+1. The van der Waals surface area contributed by atoms with Crippen LogP contribution in [-0.4, -0.2) is 43.6 Å². The first-order valence-corrected chi connectivity index (χ1v) is 8.82. The number of nitrogens with one attached hydrogen (secondary N) is 2. The summed E-state index contributed by atoms with van der Waals surface area (Å²) in [5, 5.41) is 13.8. The third-order valence-corrected chi connectivity index (χ3v) is 4.85. The summed E-state index contributed by atoms with van der Waals surface area (Å²) >= 11 is 0. The summed E-state index contributed by atoms with van der Waals surface area (Å²) in [5.41, 5.74) is 1.47. The molecule has 0 spiro atoms. The molecule has 0 atom stereocenters. The van der Waals surface area contributed by atoms with Gasteiger partial charge >= 0.3 is 0 Å². The van der Waals surface area contributed by atoms with Crippen LogP contribution in [0, 0.1) is 22.9 Å². The van der Waals surface area contributed by atoms with Gasteiger partial charge in [-0.15, -0.1) is 0 Å². The van der Waals surface area contributed by atoms with Crippen LogP contribution in [0.3, 0.4) is 0 Å². The molecule has 0 aliphatic carbocycles. The molecule has 142 valence electrons. The Morgan fingerprint density at radius 2 is 1.93 bits per heavy atom. The summed E-state index contributed by atoms with van der Waals surface area (Å²) in [6.45, 7) is 4.66. The van der Waals surface area contributed by atoms with Gasteiger partial charge in [0.25, 0.3) is 11.6 Å². The van der Waals surface area contributed by atoms with Crippen LogP contribution in [-0.2, 0) is 4.79 Å². The molecule has 27 heavy (non-hydrogen) atoms. The molecule has 0 unspecified atom stereocenters. The average Bonchev–Trinajstić information content (AvgIpc) is 2.64. The molecule has 1 fully saturated rings. The molecule has 2 aromatic rings. The van der Waals surface area contributed by atoms with E-state index in [0.717, 1.165) is 18.0 Å². The number of halogens is 1. The second-order valence-electron chi connectivity index (χ2n) is 6.62. The number of quaternary nitrogens is 1. The number of hydrogen-bond acceptors (Lipinski definition) is 4. The molecule has 3 rings (SSSR count). The first kappa shape index (κ1) is 18.8. The Morgan fingerprint density at radius 3 is 2.59 bits per heavy atom. The highest BCUT2D eigenvalue weighted by Crippen LogP contribution is 2.24. The van der Waals surface area contributed by atoms with E-state index < -0.39 is 4.92 Å². The average molecular weight is 373 g/mol. The van der Waals surface area contributed by atoms with Gasteiger partial charge < -0.3 is 15.1 Å². The molecular weight excluding hydrogens is 351 g/mol. The predicted octanol–water partition coefficient (Wildman–Crippen LogP) is 1.39. The first-order chi connectivity index (χ1) is 13.0. The number of rotatable bonds is 5. The maximum atomic E-state index is 13.9. The number of anilines is 2. The predicted molar refractivity (Wildman–Crippen MR) is 101 cm³/mol. The lowest BCUT2D eigenvalue weighted by molar-refractivity contribution is -0.892. The Kier molecular flexibility index (Phi) is 5.66. The zero-order valence-electron chi connectivity index (χ0n) is 15.1.